The molecule has 0 radical (unpaired) electrons. The average molecular weight is 325 g/mol. The summed E-state index contributed by atoms with van der Waals surface area (Å²) in [6.07, 6.45) is 9.69. The summed E-state index contributed by atoms with van der Waals surface area (Å²) >= 11 is 0. The number of para-hydroxylation sites is 1. The number of carbonyl (C=O) groups is 2. The van der Waals surface area contributed by atoms with Crippen molar-refractivity contribution >= 4 is 22.7 Å². The number of H-pyrrole nitrogens is 1. The second-order valence-electron chi connectivity index (χ2n) is 6.14. The maximum Gasteiger partial charge on any atom is 0.253 e. The summed E-state index contributed by atoms with van der Waals surface area (Å²) in [7, 11) is 0. The first kappa shape index (κ1) is 16.3. The van der Waals surface area contributed by atoms with Crippen LogP contribution in [-0.2, 0) is 4.79 Å². The molecule has 1 aliphatic carbocycles. The van der Waals surface area contributed by atoms with E-state index in [1.54, 1.807) is 6.20 Å². The number of hydrogen-bond donors (Lipinski definition) is 3. The van der Waals surface area contributed by atoms with E-state index in [-0.39, 0.29) is 18.4 Å². The van der Waals surface area contributed by atoms with Gasteiger partial charge in [-0.25, -0.2) is 0 Å². The van der Waals surface area contributed by atoms with E-state index in [1.807, 2.05) is 24.3 Å². The van der Waals surface area contributed by atoms with Crippen molar-refractivity contribution in [1.29, 1.82) is 0 Å². The molecule has 5 heteroatoms. The fraction of sp³-hybridized carbons (Fsp3) is 0.368. The van der Waals surface area contributed by atoms with Crippen LogP contribution in [0.3, 0.4) is 0 Å². The predicted octanol–water partition coefficient (Wildman–Crippen LogP) is 2.90. The Bertz CT molecular complexity index is 761. The molecule has 0 spiro atoms. The van der Waals surface area contributed by atoms with Crippen molar-refractivity contribution in [3.63, 3.8) is 0 Å². The topological polar surface area (TPSA) is 74.0 Å². The van der Waals surface area contributed by atoms with E-state index in [1.165, 1.54) is 18.4 Å². The monoisotopic (exact) mass is 325 g/mol. The first-order valence-electron chi connectivity index (χ1n) is 8.53. The maximum atomic E-state index is 12.2. The zero-order valence-electron chi connectivity index (χ0n) is 13.7. The minimum Gasteiger partial charge on any atom is -0.360 e. The minimum atomic E-state index is -0.238. The lowest BCUT2D eigenvalue weighted by atomic mass is 9.97. The first-order chi connectivity index (χ1) is 11.7. The van der Waals surface area contributed by atoms with Gasteiger partial charge in [0.1, 0.15) is 0 Å². The molecule has 1 aromatic carbocycles. The number of rotatable bonds is 6. The van der Waals surface area contributed by atoms with E-state index in [0.717, 1.165) is 30.2 Å². The van der Waals surface area contributed by atoms with Crippen molar-refractivity contribution in [2.24, 2.45) is 0 Å². The highest BCUT2D eigenvalue weighted by molar-refractivity contribution is 6.07. The fourth-order valence-corrected chi connectivity index (χ4v) is 3.07. The third-order valence-corrected chi connectivity index (χ3v) is 4.40. The molecule has 1 aromatic heterocycles. The molecule has 3 rings (SSSR count). The van der Waals surface area contributed by atoms with Gasteiger partial charge in [-0.05, 0) is 38.2 Å². The molecule has 0 fully saturated rings. The fourth-order valence-electron chi connectivity index (χ4n) is 3.07. The largest absolute Gasteiger partial charge is 0.360 e. The van der Waals surface area contributed by atoms with E-state index in [9.17, 15) is 9.59 Å². The van der Waals surface area contributed by atoms with Gasteiger partial charge in [-0.1, -0.05) is 29.8 Å². The van der Waals surface area contributed by atoms with E-state index in [0.29, 0.717) is 12.1 Å². The summed E-state index contributed by atoms with van der Waals surface area (Å²) in [5.74, 6) is -0.391. The lowest BCUT2D eigenvalue weighted by Gasteiger charge is -2.13. The normalized spacial score (nSPS) is 14.2. The van der Waals surface area contributed by atoms with Crippen LogP contribution in [0.25, 0.3) is 10.9 Å². The van der Waals surface area contributed by atoms with Crippen LogP contribution in [0.1, 0.15) is 42.5 Å². The highest BCUT2D eigenvalue weighted by Crippen LogP contribution is 2.19. The number of allylic oxidation sites excluding steroid dienone is 1. The molecule has 3 N–H and O–H groups in total. The van der Waals surface area contributed by atoms with Gasteiger partial charge < -0.3 is 15.6 Å². The molecule has 2 aromatic rings. The van der Waals surface area contributed by atoms with Gasteiger partial charge in [-0.2, -0.15) is 0 Å². The zero-order chi connectivity index (χ0) is 16.8. The lowest BCUT2D eigenvalue weighted by Crippen LogP contribution is -2.37. The van der Waals surface area contributed by atoms with Crippen molar-refractivity contribution in [1.82, 2.24) is 15.6 Å². The molecule has 5 nitrogen and oxygen atoms in total. The average Bonchev–Trinajstić information content (AvgIpc) is 3.05. The summed E-state index contributed by atoms with van der Waals surface area (Å²) in [5, 5.41) is 6.41. The molecule has 0 saturated carbocycles. The molecule has 0 unspecified atom stereocenters. The molecule has 0 saturated heterocycles. The van der Waals surface area contributed by atoms with E-state index >= 15 is 0 Å². The second kappa shape index (κ2) is 7.81. The van der Waals surface area contributed by atoms with Gasteiger partial charge in [0, 0.05) is 23.6 Å². The molecule has 126 valence electrons. The number of benzene rings is 1. The first-order valence-corrected chi connectivity index (χ1v) is 8.53. The number of amides is 2. The van der Waals surface area contributed by atoms with Crippen LogP contribution in [0.15, 0.2) is 42.1 Å². The Kier molecular flexibility index (Phi) is 5.31. The van der Waals surface area contributed by atoms with Crippen LogP contribution in [0.4, 0.5) is 0 Å². The van der Waals surface area contributed by atoms with E-state index < -0.39 is 0 Å². The number of carbonyl (C=O) groups excluding carboxylic acids is 2. The maximum absolute atomic E-state index is 12.2. The number of hydrogen-bond acceptors (Lipinski definition) is 2. The van der Waals surface area contributed by atoms with E-state index in [4.69, 9.17) is 0 Å². The van der Waals surface area contributed by atoms with Crippen LogP contribution in [-0.4, -0.2) is 29.9 Å². The summed E-state index contributed by atoms with van der Waals surface area (Å²) in [5.41, 5.74) is 2.91. The van der Waals surface area contributed by atoms with Crippen molar-refractivity contribution in [2.45, 2.75) is 32.1 Å². The third-order valence-electron chi connectivity index (χ3n) is 4.40. The van der Waals surface area contributed by atoms with Crippen molar-refractivity contribution in [3.05, 3.63) is 47.7 Å². The van der Waals surface area contributed by atoms with Gasteiger partial charge in [-0.3, -0.25) is 9.59 Å². The quantitative estimate of drug-likeness (QED) is 0.715. The van der Waals surface area contributed by atoms with E-state index in [2.05, 4.69) is 21.7 Å². The highest BCUT2D eigenvalue weighted by Gasteiger charge is 2.12. The lowest BCUT2D eigenvalue weighted by molar-refractivity contribution is -0.120. The van der Waals surface area contributed by atoms with Crippen molar-refractivity contribution in [2.75, 3.05) is 13.1 Å². The molecule has 0 atom stereocenters. The number of nitrogens with one attached hydrogen (secondary N) is 3. The van der Waals surface area contributed by atoms with Crippen molar-refractivity contribution < 1.29 is 9.59 Å². The smallest absolute Gasteiger partial charge is 0.253 e. The summed E-state index contributed by atoms with van der Waals surface area (Å²) in [4.78, 5) is 27.2. The SMILES string of the molecule is O=C(CNC(=O)c1c[nH]c2ccccc12)NCCC1=CCCCC1. The van der Waals surface area contributed by atoms with Gasteiger partial charge >= 0.3 is 0 Å². The Morgan fingerprint density at radius 1 is 1.12 bits per heavy atom. The van der Waals surface area contributed by atoms with Gasteiger partial charge in [0.2, 0.25) is 5.91 Å². The Balaban J connectivity index is 1.44. The third kappa shape index (κ3) is 4.04. The number of aromatic amines is 1. The minimum absolute atomic E-state index is 0.00259. The highest BCUT2D eigenvalue weighted by atomic mass is 16.2. The molecular formula is C19H23N3O2. The Hall–Kier alpha value is -2.56. The molecule has 0 aliphatic heterocycles. The van der Waals surface area contributed by atoms with Gasteiger partial charge in [0.05, 0.1) is 12.1 Å². The molecule has 24 heavy (non-hydrogen) atoms. The zero-order valence-corrected chi connectivity index (χ0v) is 13.7. The van der Waals surface area contributed by atoms with Crippen LogP contribution in [0.5, 0.6) is 0 Å². The standard InChI is InChI=1S/C19H23N3O2/c23-18(20-11-10-14-6-2-1-3-7-14)13-22-19(24)16-12-21-17-9-5-4-8-15(16)17/h4-6,8-9,12,21H,1-3,7,10-11,13H2,(H,20,23)(H,22,24). The van der Waals surface area contributed by atoms with Crippen LogP contribution in [0.2, 0.25) is 0 Å². The van der Waals surface area contributed by atoms with Gasteiger partial charge in [-0.15, -0.1) is 0 Å². The molecule has 0 bridgehead atoms. The molecule has 1 heterocycles. The molecular weight excluding hydrogens is 302 g/mol. The van der Waals surface area contributed by atoms with Crippen LogP contribution < -0.4 is 10.6 Å². The summed E-state index contributed by atoms with van der Waals surface area (Å²) < 4.78 is 0. The van der Waals surface area contributed by atoms with Gasteiger partial charge in [0.25, 0.3) is 5.91 Å². The number of fused-ring (bicyclic) bond motifs is 1. The Labute approximate surface area is 141 Å². The van der Waals surface area contributed by atoms with Crippen LogP contribution in [0, 0.1) is 0 Å². The van der Waals surface area contributed by atoms with Gasteiger partial charge in [0.15, 0.2) is 0 Å². The number of aromatic nitrogens is 1. The second-order valence-corrected chi connectivity index (χ2v) is 6.14. The van der Waals surface area contributed by atoms with Crippen molar-refractivity contribution in [3.8, 4) is 0 Å². The molecule has 1 aliphatic rings. The Morgan fingerprint density at radius 3 is 2.83 bits per heavy atom. The summed E-state index contributed by atoms with van der Waals surface area (Å²) in [6, 6.07) is 7.60. The predicted molar refractivity (Wildman–Crippen MR) is 94.8 cm³/mol. The Morgan fingerprint density at radius 2 is 2.00 bits per heavy atom. The summed E-state index contributed by atoms with van der Waals surface area (Å²) in [6.45, 7) is 0.630. The molecule has 2 amide bonds. The van der Waals surface area contributed by atoms with Crippen LogP contribution >= 0.6 is 0 Å².